The topological polar surface area (TPSA) is 117 Å². The maximum Gasteiger partial charge on any atom is 0.251 e. The van der Waals surface area contributed by atoms with E-state index < -0.39 is 0 Å². The van der Waals surface area contributed by atoms with Gasteiger partial charge in [-0.05, 0) is 56.2 Å². The second-order valence-electron chi connectivity index (χ2n) is 8.44. The fourth-order valence-corrected chi connectivity index (χ4v) is 3.90. The van der Waals surface area contributed by atoms with Gasteiger partial charge in [0.15, 0.2) is 0 Å². The SMILES string of the molecule is CC(=O)Nc1ccc(-c2noc(C3CCCN(C(=O)CNC(=O)c4ccc(C)cc4)C3)n2)cc1. The van der Waals surface area contributed by atoms with Gasteiger partial charge in [0, 0.05) is 36.8 Å². The van der Waals surface area contributed by atoms with Crippen molar-refractivity contribution in [3.63, 3.8) is 0 Å². The molecule has 1 fully saturated rings. The number of hydrogen-bond donors (Lipinski definition) is 2. The summed E-state index contributed by atoms with van der Waals surface area (Å²) in [5.41, 5.74) is 3.05. The molecule has 3 aromatic rings. The number of nitrogens with zero attached hydrogens (tertiary/aromatic N) is 3. The van der Waals surface area contributed by atoms with Crippen LogP contribution in [-0.2, 0) is 9.59 Å². The number of rotatable bonds is 6. The van der Waals surface area contributed by atoms with Crippen LogP contribution in [0.25, 0.3) is 11.4 Å². The zero-order valence-corrected chi connectivity index (χ0v) is 19.2. The quantitative estimate of drug-likeness (QED) is 0.582. The Bertz CT molecular complexity index is 1170. The van der Waals surface area contributed by atoms with Gasteiger partial charge in [0.05, 0.1) is 12.5 Å². The molecule has 9 nitrogen and oxygen atoms in total. The average molecular weight is 462 g/mol. The summed E-state index contributed by atoms with van der Waals surface area (Å²) in [6.45, 7) is 4.43. The Morgan fingerprint density at radius 1 is 1.09 bits per heavy atom. The summed E-state index contributed by atoms with van der Waals surface area (Å²) in [6, 6.07) is 14.4. The Hall–Kier alpha value is -4.01. The third-order valence-electron chi connectivity index (χ3n) is 5.74. The summed E-state index contributed by atoms with van der Waals surface area (Å²) in [5.74, 6) is 0.331. The summed E-state index contributed by atoms with van der Waals surface area (Å²) in [4.78, 5) is 42.5. The predicted octanol–water partition coefficient (Wildman–Crippen LogP) is 3.14. The lowest BCUT2D eigenvalue weighted by atomic mass is 9.98. The van der Waals surface area contributed by atoms with Crippen LogP contribution in [-0.4, -0.2) is 52.4 Å². The number of piperidine rings is 1. The van der Waals surface area contributed by atoms with Crippen molar-refractivity contribution >= 4 is 23.4 Å². The van der Waals surface area contributed by atoms with Gasteiger partial charge in [0.25, 0.3) is 5.91 Å². The van der Waals surface area contributed by atoms with E-state index in [-0.39, 0.29) is 30.2 Å². The molecule has 0 radical (unpaired) electrons. The minimum absolute atomic E-state index is 0.0604. The normalized spacial score (nSPS) is 15.6. The minimum Gasteiger partial charge on any atom is -0.343 e. The van der Waals surface area contributed by atoms with Crippen molar-refractivity contribution in [1.82, 2.24) is 20.4 Å². The van der Waals surface area contributed by atoms with Crippen molar-refractivity contribution in [1.29, 1.82) is 0 Å². The lowest BCUT2D eigenvalue weighted by Crippen LogP contribution is -2.44. The molecule has 2 heterocycles. The Balaban J connectivity index is 1.34. The van der Waals surface area contributed by atoms with E-state index in [0.717, 1.165) is 24.0 Å². The van der Waals surface area contributed by atoms with E-state index in [0.29, 0.717) is 36.1 Å². The van der Waals surface area contributed by atoms with E-state index in [1.54, 1.807) is 29.2 Å². The van der Waals surface area contributed by atoms with Gasteiger partial charge < -0.3 is 20.1 Å². The van der Waals surface area contributed by atoms with Crippen LogP contribution in [0.1, 0.15) is 47.5 Å². The summed E-state index contributed by atoms with van der Waals surface area (Å²) < 4.78 is 5.51. The fourth-order valence-electron chi connectivity index (χ4n) is 3.90. The molecule has 0 spiro atoms. The first kappa shape index (κ1) is 23.2. The number of amides is 3. The third-order valence-corrected chi connectivity index (χ3v) is 5.74. The molecule has 1 aliphatic rings. The maximum atomic E-state index is 12.7. The fraction of sp³-hybridized carbons (Fsp3) is 0.320. The number of hydrogen-bond acceptors (Lipinski definition) is 6. The summed E-state index contributed by atoms with van der Waals surface area (Å²) in [7, 11) is 0. The van der Waals surface area contributed by atoms with Gasteiger partial charge in [0.2, 0.25) is 23.5 Å². The molecule has 4 rings (SSSR count). The van der Waals surface area contributed by atoms with Crippen LogP contribution in [0.3, 0.4) is 0 Å². The zero-order valence-electron chi connectivity index (χ0n) is 19.2. The second-order valence-corrected chi connectivity index (χ2v) is 8.44. The lowest BCUT2D eigenvalue weighted by Gasteiger charge is -2.31. The largest absolute Gasteiger partial charge is 0.343 e. The molecule has 9 heteroatoms. The first-order valence-electron chi connectivity index (χ1n) is 11.2. The summed E-state index contributed by atoms with van der Waals surface area (Å²) in [6.07, 6.45) is 1.65. The van der Waals surface area contributed by atoms with Gasteiger partial charge in [0.1, 0.15) is 0 Å². The molecule has 0 aliphatic carbocycles. The van der Waals surface area contributed by atoms with E-state index in [2.05, 4.69) is 20.8 Å². The number of benzene rings is 2. The molecule has 1 saturated heterocycles. The van der Waals surface area contributed by atoms with E-state index in [4.69, 9.17) is 4.52 Å². The molecule has 1 atom stereocenters. The van der Waals surface area contributed by atoms with Gasteiger partial charge >= 0.3 is 0 Å². The monoisotopic (exact) mass is 461 g/mol. The van der Waals surface area contributed by atoms with Crippen LogP contribution in [0.5, 0.6) is 0 Å². The van der Waals surface area contributed by atoms with Gasteiger partial charge in [-0.2, -0.15) is 4.98 Å². The smallest absolute Gasteiger partial charge is 0.251 e. The number of aromatic nitrogens is 2. The lowest BCUT2D eigenvalue weighted by molar-refractivity contribution is -0.131. The summed E-state index contributed by atoms with van der Waals surface area (Å²) in [5, 5.41) is 9.51. The van der Waals surface area contributed by atoms with Gasteiger partial charge in [-0.1, -0.05) is 22.9 Å². The minimum atomic E-state index is -0.270. The molecule has 1 unspecified atom stereocenters. The number of carbonyl (C=O) groups is 3. The Kier molecular flexibility index (Phi) is 7.01. The van der Waals surface area contributed by atoms with Crippen molar-refractivity contribution in [3.8, 4) is 11.4 Å². The van der Waals surface area contributed by atoms with Crippen LogP contribution >= 0.6 is 0 Å². The van der Waals surface area contributed by atoms with Crippen molar-refractivity contribution in [2.24, 2.45) is 0 Å². The van der Waals surface area contributed by atoms with E-state index >= 15 is 0 Å². The number of anilines is 1. The molecule has 1 aromatic heterocycles. The van der Waals surface area contributed by atoms with E-state index in [9.17, 15) is 14.4 Å². The number of aryl methyl sites for hydroxylation is 1. The van der Waals surface area contributed by atoms with Crippen LogP contribution in [0, 0.1) is 6.92 Å². The van der Waals surface area contributed by atoms with Crippen LogP contribution in [0.15, 0.2) is 53.1 Å². The van der Waals surface area contributed by atoms with Crippen molar-refractivity contribution < 1.29 is 18.9 Å². The molecule has 2 aromatic carbocycles. The van der Waals surface area contributed by atoms with Gasteiger partial charge in [-0.15, -0.1) is 0 Å². The standard InChI is InChI=1S/C25H27N5O4/c1-16-5-7-19(8-6-16)24(33)26-14-22(32)30-13-3-4-20(15-30)25-28-23(29-34-25)18-9-11-21(12-10-18)27-17(2)31/h5-12,20H,3-4,13-15H2,1-2H3,(H,26,33)(H,27,31). The van der Waals surface area contributed by atoms with Crippen LogP contribution < -0.4 is 10.6 Å². The highest BCUT2D eigenvalue weighted by atomic mass is 16.5. The number of carbonyl (C=O) groups excluding carboxylic acids is 3. The number of likely N-dealkylation sites (tertiary alicyclic amines) is 1. The van der Waals surface area contributed by atoms with Gasteiger partial charge in [-0.3, -0.25) is 14.4 Å². The molecule has 1 aliphatic heterocycles. The highest BCUT2D eigenvalue weighted by Crippen LogP contribution is 2.28. The highest BCUT2D eigenvalue weighted by molar-refractivity contribution is 5.96. The first-order chi connectivity index (χ1) is 16.4. The Morgan fingerprint density at radius 3 is 2.53 bits per heavy atom. The molecule has 3 amide bonds. The summed E-state index contributed by atoms with van der Waals surface area (Å²) >= 11 is 0. The molecular weight excluding hydrogens is 434 g/mol. The molecular formula is C25H27N5O4. The second kappa shape index (κ2) is 10.3. The predicted molar refractivity (Wildman–Crippen MR) is 126 cm³/mol. The average Bonchev–Trinajstić information content (AvgIpc) is 3.33. The van der Waals surface area contributed by atoms with Crippen molar-refractivity contribution in [3.05, 3.63) is 65.5 Å². The Labute approximate surface area is 197 Å². The Morgan fingerprint density at radius 2 is 1.82 bits per heavy atom. The van der Waals surface area contributed by atoms with Crippen molar-refractivity contribution in [2.45, 2.75) is 32.6 Å². The van der Waals surface area contributed by atoms with E-state index in [1.165, 1.54) is 6.92 Å². The molecule has 2 N–H and O–H groups in total. The molecule has 0 saturated carbocycles. The molecule has 0 bridgehead atoms. The highest BCUT2D eigenvalue weighted by Gasteiger charge is 2.29. The maximum absolute atomic E-state index is 12.7. The van der Waals surface area contributed by atoms with Gasteiger partial charge in [-0.25, -0.2) is 0 Å². The van der Waals surface area contributed by atoms with Crippen LogP contribution in [0.2, 0.25) is 0 Å². The first-order valence-corrected chi connectivity index (χ1v) is 11.2. The zero-order chi connectivity index (χ0) is 24.1. The number of nitrogens with one attached hydrogen (secondary N) is 2. The van der Waals surface area contributed by atoms with Crippen LogP contribution in [0.4, 0.5) is 5.69 Å². The van der Waals surface area contributed by atoms with E-state index in [1.807, 2.05) is 31.2 Å². The third kappa shape index (κ3) is 5.67. The molecule has 176 valence electrons. The molecule has 34 heavy (non-hydrogen) atoms. The van der Waals surface area contributed by atoms with Crippen molar-refractivity contribution in [2.75, 3.05) is 25.0 Å².